The van der Waals surface area contributed by atoms with Crippen molar-refractivity contribution >= 4 is 24.2 Å². The molecule has 0 bridgehead atoms. The fourth-order valence-corrected chi connectivity index (χ4v) is 2.33. The molecule has 0 amide bonds. The highest BCUT2D eigenvalue weighted by molar-refractivity contribution is 6.62. The topological polar surface area (TPSA) is 18.5 Å². The first-order valence-electron chi connectivity index (χ1n) is 6.58. The highest BCUT2D eigenvalue weighted by Crippen LogP contribution is 2.37. The summed E-state index contributed by atoms with van der Waals surface area (Å²) >= 11 is 5.91. The first-order valence-corrected chi connectivity index (χ1v) is 6.96. The Balaban J connectivity index is 2.38. The van der Waals surface area contributed by atoms with E-state index in [0.29, 0.717) is 0 Å². The van der Waals surface area contributed by atoms with E-state index < -0.39 is 30.8 Å². The average Bonchev–Trinajstić information content (AvgIpc) is 2.53. The summed E-state index contributed by atoms with van der Waals surface area (Å²) in [5.74, 6) is -0.548. The summed E-state index contributed by atoms with van der Waals surface area (Å²) in [7, 11) is -0.810. The Bertz CT molecular complexity index is 504. The zero-order chi connectivity index (χ0) is 15.1. The molecule has 1 aromatic carbocycles. The van der Waals surface area contributed by atoms with Gasteiger partial charge in [0.25, 0.3) is 0 Å². The summed E-state index contributed by atoms with van der Waals surface area (Å²) < 4.78 is 38.6. The Labute approximate surface area is 123 Å². The van der Waals surface area contributed by atoms with Crippen LogP contribution in [0.4, 0.5) is 8.78 Å². The fraction of sp³-hybridized carbons (Fsp3) is 0.571. The van der Waals surface area contributed by atoms with Crippen molar-refractivity contribution in [1.82, 2.24) is 0 Å². The van der Waals surface area contributed by atoms with Crippen molar-refractivity contribution in [3.8, 4) is 0 Å². The van der Waals surface area contributed by atoms with Crippen molar-refractivity contribution in [2.45, 2.75) is 45.3 Å². The number of rotatable bonds is 3. The summed E-state index contributed by atoms with van der Waals surface area (Å²) in [5.41, 5.74) is -0.675. The Morgan fingerprint density at radius 2 is 1.70 bits per heavy atom. The maximum atomic E-state index is 14.5. The minimum Gasteiger partial charge on any atom is -0.399 e. The Kier molecular flexibility index (Phi) is 4.16. The fourth-order valence-electron chi connectivity index (χ4n) is 2.09. The average molecular weight is 303 g/mol. The molecular weight excluding hydrogens is 284 g/mol. The second kappa shape index (κ2) is 5.28. The smallest absolute Gasteiger partial charge is 0.399 e. The van der Waals surface area contributed by atoms with Crippen LogP contribution in [0.3, 0.4) is 0 Å². The third-order valence-corrected chi connectivity index (χ3v) is 4.42. The molecule has 2 nitrogen and oxygen atoms in total. The van der Waals surface area contributed by atoms with E-state index in [2.05, 4.69) is 0 Å². The van der Waals surface area contributed by atoms with E-state index >= 15 is 0 Å². The first kappa shape index (κ1) is 15.7. The van der Waals surface area contributed by atoms with Crippen LogP contribution in [-0.2, 0) is 15.7 Å². The molecule has 0 unspecified atom stereocenters. The highest BCUT2D eigenvalue weighted by atomic mass is 35.5. The molecule has 0 saturated carbocycles. The lowest BCUT2D eigenvalue weighted by atomic mass is 9.77. The van der Waals surface area contributed by atoms with Crippen LogP contribution in [0.5, 0.6) is 0 Å². The lowest BCUT2D eigenvalue weighted by Gasteiger charge is -2.32. The lowest BCUT2D eigenvalue weighted by Crippen LogP contribution is -2.41. The lowest BCUT2D eigenvalue weighted by molar-refractivity contribution is 0.00578. The number of benzene rings is 1. The van der Waals surface area contributed by atoms with Gasteiger partial charge in [0, 0.05) is 22.5 Å². The van der Waals surface area contributed by atoms with Crippen LogP contribution >= 0.6 is 11.6 Å². The molecule has 0 atom stereocenters. The second-order valence-corrected chi connectivity index (χ2v) is 6.36. The number of hydrogen-bond donors (Lipinski definition) is 0. The quantitative estimate of drug-likeness (QED) is 0.798. The van der Waals surface area contributed by atoms with Crippen molar-refractivity contribution in [2.75, 3.05) is 6.67 Å². The number of halogens is 3. The summed E-state index contributed by atoms with van der Waals surface area (Å²) in [6, 6.07) is 3.08. The van der Waals surface area contributed by atoms with E-state index in [9.17, 15) is 8.78 Å². The van der Waals surface area contributed by atoms with Crippen molar-refractivity contribution in [3.05, 3.63) is 28.5 Å². The van der Waals surface area contributed by atoms with Crippen molar-refractivity contribution in [3.63, 3.8) is 0 Å². The molecule has 1 fully saturated rings. The van der Waals surface area contributed by atoms with Crippen molar-refractivity contribution < 1.29 is 18.1 Å². The van der Waals surface area contributed by atoms with Crippen LogP contribution in [0.15, 0.2) is 12.1 Å². The van der Waals surface area contributed by atoms with Gasteiger partial charge in [0.05, 0.1) is 17.9 Å². The predicted octanol–water partition coefficient (Wildman–Crippen LogP) is 3.29. The third-order valence-electron chi connectivity index (χ3n) is 4.07. The van der Waals surface area contributed by atoms with Crippen LogP contribution in [0, 0.1) is 5.82 Å². The number of hydrogen-bond acceptors (Lipinski definition) is 2. The van der Waals surface area contributed by atoms with Gasteiger partial charge in [0.2, 0.25) is 0 Å². The van der Waals surface area contributed by atoms with E-state index in [4.69, 9.17) is 20.9 Å². The molecule has 0 aromatic heterocycles. The van der Waals surface area contributed by atoms with Gasteiger partial charge in [-0.1, -0.05) is 17.7 Å². The molecule has 1 heterocycles. The van der Waals surface area contributed by atoms with Gasteiger partial charge in [-0.3, -0.25) is 4.39 Å². The van der Waals surface area contributed by atoms with Gasteiger partial charge < -0.3 is 9.31 Å². The Morgan fingerprint density at radius 3 is 2.20 bits per heavy atom. The summed E-state index contributed by atoms with van der Waals surface area (Å²) in [5, 5.41) is 0.223. The summed E-state index contributed by atoms with van der Waals surface area (Å²) in [6.07, 6.45) is -0.0575. The minimum absolute atomic E-state index is 0.0575. The van der Waals surface area contributed by atoms with E-state index in [1.807, 2.05) is 27.7 Å². The van der Waals surface area contributed by atoms with Gasteiger partial charge in [-0.05, 0) is 33.8 Å². The third kappa shape index (κ3) is 2.59. The van der Waals surface area contributed by atoms with Gasteiger partial charge in [0.1, 0.15) is 5.82 Å². The maximum absolute atomic E-state index is 14.5. The van der Waals surface area contributed by atoms with Crippen LogP contribution in [0.1, 0.15) is 33.3 Å². The monoisotopic (exact) mass is 302 g/mol. The zero-order valence-electron chi connectivity index (χ0n) is 12.1. The molecule has 1 aliphatic heterocycles. The van der Waals surface area contributed by atoms with Crippen LogP contribution in [0.2, 0.25) is 5.02 Å². The van der Waals surface area contributed by atoms with E-state index in [1.165, 1.54) is 6.07 Å². The Morgan fingerprint density at radius 1 is 1.15 bits per heavy atom. The van der Waals surface area contributed by atoms with Gasteiger partial charge in [0.15, 0.2) is 0 Å². The zero-order valence-corrected chi connectivity index (χ0v) is 12.9. The summed E-state index contributed by atoms with van der Waals surface area (Å²) in [6.45, 7) is 6.91. The molecule has 6 heteroatoms. The highest BCUT2D eigenvalue weighted by Gasteiger charge is 2.52. The normalized spacial score (nSPS) is 20.4. The Hall–Kier alpha value is -0.645. The molecule has 2 rings (SSSR count). The predicted molar refractivity (Wildman–Crippen MR) is 76.8 cm³/mol. The van der Waals surface area contributed by atoms with Crippen molar-refractivity contribution in [1.29, 1.82) is 0 Å². The molecular formula is C14H18BClF2O2. The van der Waals surface area contributed by atoms with Gasteiger partial charge in [-0.15, -0.1) is 0 Å². The molecule has 110 valence electrons. The standard InChI is InChI=1S/C14H18BClF2O2/c1-13(2)14(3,4)20-15(19-13)10-5-6-11(16)9(7-8-17)12(10)18/h5-6H,7-8H2,1-4H3. The van der Waals surface area contributed by atoms with Gasteiger partial charge >= 0.3 is 7.12 Å². The van der Waals surface area contributed by atoms with E-state index in [1.54, 1.807) is 6.07 Å². The van der Waals surface area contributed by atoms with Crippen molar-refractivity contribution in [2.24, 2.45) is 0 Å². The molecule has 0 aliphatic carbocycles. The molecule has 1 saturated heterocycles. The first-order chi connectivity index (χ1) is 9.19. The molecule has 0 spiro atoms. The molecule has 0 N–H and O–H groups in total. The molecule has 1 aromatic rings. The largest absolute Gasteiger partial charge is 0.497 e. The van der Waals surface area contributed by atoms with Crippen LogP contribution in [-0.4, -0.2) is 25.0 Å². The van der Waals surface area contributed by atoms with E-state index in [0.717, 1.165) is 0 Å². The van der Waals surface area contributed by atoms with Crippen LogP contribution < -0.4 is 5.46 Å². The van der Waals surface area contributed by atoms with Crippen LogP contribution in [0.25, 0.3) is 0 Å². The van der Waals surface area contributed by atoms with Gasteiger partial charge in [-0.25, -0.2) is 4.39 Å². The molecule has 1 aliphatic rings. The summed E-state index contributed by atoms with van der Waals surface area (Å²) in [4.78, 5) is 0. The number of alkyl halides is 1. The van der Waals surface area contributed by atoms with Gasteiger partial charge in [-0.2, -0.15) is 0 Å². The minimum atomic E-state index is -0.810. The molecule has 0 radical (unpaired) electrons. The second-order valence-electron chi connectivity index (χ2n) is 5.96. The van der Waals surface area contributed by atoms with E-state index in [-0.39, 0.29) is 22.5 Å². The SMILES string of the molecule is CC1(C)OB(c2ccc(Cl)c(CCF)c2F)OC1(C)C. The maximum Gasteiger partial charge on any atom is 0.497 e. The molecule has 20 heavy (non-hydrogen) atoms.